The second kappa shape index (κ2) is 9.17. The standard InChI is InChI=1S/C22H28N4O3/c1-13-8-11-18-19(14(13)2)26-22(29-18)20(27)17(25-21(28)16(24)12-23)10-9-15-6-4-3-5-7-15/h3-8,11,16-17,20,27H,9-10,12,23-24H2,1-2H3,(H,25,28)/t16-,17-,20?/m1/s1. The van der Waals surface area contributed by atoms with Gasteiger partial charge in [0.1, 0.15) is 5.52 Å². The number of nitrogens with two attached hydrogens (primary N) is 2. The van der Waals surface area contributed by atoms with Gasteiger partial charge in [-0.2, -0.15) is 0 Å². The number of aryl methyl sites for hydroxylation is 3. The Kier molecular flexibility index (Phi) is 6.64. The van der Waals surface area contributed by atoms with Crippen molar-refractivity contribution in [3.8, 4) is 0 Å². The minimum absolute atomic E-state index is 0.0225. The number of benzene rings is 2. The van der Waals surface area contributed by atoms with Gasteiger partial charge in [-0.05, 0) is 49.4 Å². The van der Waals surface area contributed by atoms with E-state index in [0.717, 1.165) is 16.7 Å². The Morgan fingerprint density at radius 2 is 1.93 bits per heavy atom. The van der Waals surface area contributed by atoms with Gasteiger partial charge in [0.25, 0.3) is 0 Å². The van der Waals surface area contributed by atoms with E-state index in [1.54, 1.807) is 0 Å². The number of oxazole rings is 1. The fraction of sp³-hybridized carbons (Fsp3) is 0.364. The molecule has 154 valence electrons. The molecule has 0 bridgehead atoms. The van der Waals surface area contributed by atoms with Crippen LogP contribution in [0.1, 0.15) is 35.1 Å². The fourth-order valence-corrected chi connectivity index (χ4v) is 3.21. The molecule has 1 aromatic heterocycles. The number of aromatic nitrogens is 1. The van der Waals surface area contributed by atoms with Gasteiger partial charge < -0.3 is 26.3 Å². The van der Waals surface area contributed by atoms with E-state index in [9.17, 15) is 9.90 Å². The van der Waals surface area contributed by atoms with Gasteiger partial charge in [0, 0.05) is 6.54 Å². The minimum Gasteiger partial charge on any atom is -0.438 e. The molecular formula is C22H28N4O3. The summed E-state index contributed by atoms with van der Waals surface area (Å²) >= 11 is 0. The molecule has 3 rings (SSSR count). The predicted octanol–water partition coefficient (Wildman–Crippen LogP) is 1.88. The summed E-state index contributed by atoms with van der Waals surface area (Å²) in [7, 11) is 0. The highest BCUT2D eigenvalue weighted by Crippen LogP contribution is 2.27. The SMILES string of the molecule is Cc1ccc2oc(C(O)[C@@H](CCc3ccccc3)NC(=O)[C@H](N)CN)nc2c1C. The third kappa shape index (κ3) is 4.82. The fourth-order valence-electron chi connectivity index (χ4n) is 3.21. The Labute approximate surface area is 170 Å². The Bertz CT molecular complexity index is 971. The molecule has 7 heteroatoms. The Hall–Kier alpha value is -2.74. The van der Waals surface area contributed by atoms with Crippen LogP contribution in [0.2, 0.25) is 0 Å². The van der Waals surface area contributed by atoms with Crippen LogP contribution >= 0.6 is 0 Å². The first-order valence-electron chi connectivity index (χ1n) is 9.75. The molecule has 7 nitrogen and oxygen atoms in total. The summed E-state index contributed by atoms with van der Waals surface area (Å²) in [6.45, 7) is 3.98. The molecule has 3 atom stereocenters. The third-order valence-corrected chi connectivity index (χ3v) is 5.24. The molecule has 0 radical (unpaired) electrons. The number of amides is 1. The summed E-state index contributed by atoms with van der Waals surface area (Å²) in [5.74, 6) is -0.235. The van der Waals surface area contributed by atoms with Crippen molar-refractivity contribution in [3.05, 3.63) is 65.0 Å². The molecule has 1 heterocycles. The van der Waals surface area contributed by atoms with Crippen LogP contribution in [0.25, 0.3) is 11.1 Å². The maximum Gasteiger partial charge on any atom is 0.238 e. The van der Waals surface area contributed by atoms with Crippen molar-refractivity contribution < 1.29 is 14.3 Å². The van der Waals surface area contributed by atoms with E-state index in [2.05, 4.69) is 10.3 Å². The number of hydrogen-bond acceptors (Lipinski definition) is 6. The number of rotatable bonds is 8. The number of fused-ring (bicyclic) bond motifs is 1. The molecule has 0 saturated heterocycles. The number of hydrogen-bond donors (Lipinski definition) is 4. The second-order valence-corrected chi connectivity index (χ2v) is 7.33. The number of nitrogens with one attached hydrogen (secondary N) is 1. The largest absolute Gasteiger partial charge is 0.438 e. The summed E-state index contributed by atoms with van der Waals surface area (Å²) < 4.78 is 5.80. The Balaban J connectivity index is 1.85. The number of aliphatic hydroxyl groups excluding tert-OH is 1. The molecule has 0 aliphatic heterocycles. The summed E-state index contributed by atoms with van der Waals surface area (Å²) in [5.41, 5.74) is 15.8. The number of carbonyl (C=O) groups excluding carboxylic acids is 1. The molecule has 0 aliphatic carbocycles. The number of aliphatic hydroxyl groups is 1. The van der Waals surface area contributed by atoms with Gasteiger partial charge in [-0.25, -0.2) is 4.98 Å². The van der Waals surface area contributed by atoms with Crippen LogP contribution in [0, 0.1) is 13.8 Å². The van der Waals surface area contributed by atoms with Gasteiger partial charge >= 0.3 is 0 Å². The van der Waals surface area contributed by atoms with Gasteiger partial charge in [0.15, 0.2) is 11.7 Å². The zero-order valence-electron chi connectivity index (χ0n) is 16.8. The molecule has 1 amide bonds. The van der Waals surface area contributed by atoms with Crippen molar-refractivity contribution in [1.82, 2.24) is 10.3 Å². The van der Waals surface area contributed by atoms with Crippen molar-refractivity contribution in [2.45, 2.75) is 44.9 Å². The van der Waals surface area contributed by atoms with E-state index in [-0.39, 0.29) is 12.4 Å². The van der Waals surface area contributed by atoms with Gasteiger partial charge in [0.05, 0.1) is 12.1 Å². The first-order chi connectivity index (χ1) is 13.9. The van der Waals surface area contributed by atoms with Gasteiger partial charge in [-0.1, -0.05) is 36.4 Å². The molecular weight excluding hydrogens is 368 g/mol. The highest BCUT2D eigenvalue weighted by Gasteiger charge is 2.28. The van der Waals surface area contributed by atoms with E-state index in [1.807, 2.05) is 56.3 Å². The monoisotopic (exact) mass is 396 g/mol. The van der Waals surface area contributed by atoms with Gasteiger partial charge in [-0.15, -0.1) is 0 Å². The minimum atomic E-state index is -1.11. The van der Waals surface area contributed by atoms with E-state index in [0.29, 0.717) is 23.9 Å². The summed E-state index contributed by atoms with van der Waals surface area (Å²) in [6.07, 6.45) is 0.0454. The topological polar surface area (TPSA) is 127 Å². The highest BCUT2D eigenvalue weighted by atomic mass is 16.4. The van der Waals surface area contributed by atoms with Crippen LogP contribution in [-0.2, 0) is 11.2 Å². The summed E-state index contributed by atoms with van der Waals surface area (Å²) in [6, 6.07) is 12.2. The lowest BCUT2D eigenvalue weighted by Gasteiger charge is -2.23. The van der Waals surface area contributed by atoms with E-state index >= 15 is 0 Å². The van der Waals surface area contributed by atoms with Crippen molar-refractivity contribution in [1.29, 1.82) is 0 Å². The Morgan fingerprint density at radius 1 is 1.21 bits per heavy atom. The molecule has 0 spiro atoms. The van der Waals surface area contributed by atoms with Gasteiger partial charge in [0.2, 0.25) is 11.8 Å². The maximum atomic E-state index is 12.3. The van der Waals surface area contributed by atoms with Crippen LogP contribution in [0.15, 0.2) is 46.9 Å². The smallest absolute Gasteiger partial charge is 0.238 e. The zero-order chi connectivity index (χ0) is 21.0. The van der Waals surface area contributed by atoms with Crippen molar-refractivity contribution in [2.75, 3.05) is 6.54 Å². The lowest BCUT2D eigenvalue weighted by Crippen LogP contribution is -2.50. The molecule has 0 fully saturated rings. The molecule has 0 saturated carbocycles. The van der Waals surface area contributed by atoms with Crippen LogP contribution in [0.3, 0.4) is 0 Å². The number of carbonyl (C=O) groups is 1. The van der Waals surface area contributed by atoms with E-state index in [4.69, 9.17) is 15.9 Å². The zero-order valence-corrected chi connectivity index (χ0v) is 16.8. The third-order valence-electron chi connectivity index (χ3n) is 5.24. The van der Waals surface area contributed by atoms with E-state index < -0.39 is 24.1 Å². The average Bonchev–Trinajstić information content (AvgIpc) is 3.18. The molecule has 0 aliphatic rings. The normalized spacial score (nSPS) is 14.5. The van der Waals surface area contributed by atoms with Crippen molar-refractivity contribution in [2.24, 2.45) is 11.5 Å². The predicted molar refractivity (Wildman–Crippen MR) is 112 cm³/mol. The first kappa shape index (κ1) is 21.0. The summed E-state index contributed by atoms with van der Waals surface area (Å²) in [4.78, 5) is 16.8. The number of nitrogens with zero attached hydrogens (tertiary/aromatic N) is 1. The molecule has 29 heavy (non-hydrogen) atoms. The van der Waals surface area contributed by atoms with Crippen molar-refractivity contribution in [3.63, 3.8) is 0 Å². The van der Waals surface area contributed by atoms with Gasteiger partial charge in [-0.3, -0.25) is 4.79 Å². The molecule has 3 aromatic rings. The quantitative estimate of drug-likeness (QED) is 0.460. The Morgan fingerprint density at radius 3 is 2.62 bits per heavy atom. The molecule has 2 aromatic carbocycles. The molecule has 1 unspecified atom stereocenters. The van der Waals surface area contributed by atoms with Crippen LogP contribution in [0.5, 0.6) is 0 Å². The maximum absolute atomic E-state index is 12.3. The lowest BCUT2D eigenvalue weighted by molar-refractivity contribution is -0.123. The summed E-state index contributed by atoms with van der Waals surface area (Å²) in [5, 5.41) is 13.8. The van der Waals surface area contributed by atoms with Crippen LogP contribution < -0.4 is 16.8 Å². The lowest BCUT2D eigenvalue weighted by atomic mass is 10.0. The van der Waals surface area contributed by atoms with Crippen LogP contribution in [-0.4, -0.2) is 34.6 Å². The highest BCUT2D eigenvalue weighted by molar-refractivity contribution is 5.82. The van der Waals surface area contributed by atoms with Crippen LogP contribution in [0.4, 0.5) is 0 Å². The average molecular weight is 396 g/mol. The first-order valence-corrected chi connectivity index (χ1v) is 9.75. The molecule has 6 N–H and O–H groups in total. The second-order valence-electron chi connectivity index (χ2n) is 7.33. The van der Waals surface area contributed by atoms with E-state index in [1.165, 1.54) is 0 Å². The van der Waals surface area contributed by atoms with Crippen molar-refractivity contribution >= 4 is 17.0 Å².